The monoisotopic (exact) mass is 477 g/mol. The Kier molecular flexibility index (Phi) is 6.81. The first kappa shape index (κ1) is 23.7. The number of aryl methyl sites for hydroxylation is 1. The molecule has 0 radical (unpaired) electrons. The molecule has 3 aromatic carbocycles. The molecule has 7 nitrogen and oxygen atoms in total. The number of nitrogens with zero attached hydrogens (tertiary/aromatic N) is 1. The van der Waals surface area contributed by atoms with Crippen LogP contribution in [-0.4, -0.2) is 32.8 Å². The van der Waals surface area contributed by atoms with E-state index in [1.807, 2.05) is 55.5 Å². The predicted molar refractivity (Wildman–Crippen MR) is 132 cm³/mol. The Morgan fingerprint density at radius 1 is 1.00 bits per heavy atom. The summed E-state index contributed by atoms with van der Waals surface area (Å²) in [4.78, 5) is 26.7. The quantitative estimate of drug-likeness (QED) is 0.545. The van der Waals surface area contributed by atoms with Gasteiger partial charge in [0.15, 0.2) is 0 Å². The van der Waals surface area contributed by atoms with Gasteiger partial charge >= 0.3 is 0 Å². The number of para-hydroxylation sites is 1. The summed E-state index contributed by atoms with van der Waals surface area (Å²) < 4.78 is 29.2. The lowest BCUT2D eigenvalue weighted by Crippen LogP contribution is -2.45. The van der Waals surface area contributed by atoms with E-state index < -0.39 is 22.0 Å². The molecule has 0 saturated carbocycles. The summed E-state index contributed by atoms with van der Waals surface area (Å²) in [5.41, 5.74) is 3.87. The molecule has 0 aliphatic carbocycles. The highest BCUT2D eigenvalue weighted by Crippen LogP contribution is 2.30. The van der Waals surface area contributed by atoms with Gasteiger partial charge < -0.3 is 10.2 Å². The van der Waals surface area contributed by atoms with Crippen molar-refractivity contribution in [2.45, 2.75) is 37.6 Å². The zero-order valence-corrected chi connectivity index (χ0v) is 19.9. The van der Waals surface area contributed by atoms with Gasteiger partial charge in [0, 0.05) is 24.8 Å². The van der Waals surface area contributed by atoms with Crippen molar-refractivity contribution in [3.8, 4) is 0 Å². The molecule has 34 heavy (non-hydrogen) atoms. The molecule has 1 heterocycles. The Morgan fingerprint density at radius 3 is 2.41 bits per heavy atom. The number of nitrogens with one attached hydrogen (secondary N) is 2. The van der Waals surface area contributed by atoms with Gasteiger partial charge in [-0.05, 0) is 60.7 Å². The van der Waals surface area contributed by atoms with Crippen LogP contribution in [0.1, 0.15) is 23.6 Å². The average molecular weight is 478 g/mol. The van der Waals surface area contributed by atoms with Crippen LogP contribution in [0.5, 0.6) is 0 Å². The SMILES string of the molecule is CC(=O)N1CCc2cc(S(=O)(=O)NC(Cc3ccccc3)C(=O)Nc3ccccc3C)ccc21. The maximum absolute atomic E-state index is 13.3. The minimum absolute atomic E-state index is 0.0680. The third-order valence-electron chi connectivity index (χ3n) is 5.94. The number of amides is 2. The molecule has 1 unspecified atom stereocenters. The molecule has 0 aromatic heterocycles. The van der Waals surface area contributed by atoms with Gasteiger partial charge in [-0.25, -0.2) is 8.42 Å². The molecule has 0 spiro atoms. The van der Waals surface area contributed by atoms with E-state index >= 15 is 0 Å². The van der Waals surface area contributed by atoms with Crippen molar-refractivity contribution < 1.29 is 18.0 Å². The first-order chi connectivity index (χ1) is 16.2. The molecule has 2 N–H and O–H groups in total. The van der Waals surface area contributed by atoms with E-state index in [9.17, 15) is 18.0 Å². The number of carbonyl (C=O) groups excluding carboxylic acids is 2. The maximum atomic E-state index is 13.3. The third-order valence-corrected chi connectivity index (χ3v) is 7.41. The van der Waals surface area contributed by atoms with Crippen LogP contribution < -0.4 is 14.9 Å². The predicted octanol–water partition coefficient (Wildman–Crippen LogP) is 3.43. The molecule has 4 rings (SSSR count). The Hall–Kier alpha value is -3.49. The fourth-order valence-electron chi connectivity index (χ4n) is 4.10. The van der Waals surface area contributed by atoms with Gasteiger partial charge in [-0.15, -0.1) is 0 Å². The van der Waals surface area contributed by atoms with Gasteiger partial charge in [-0.3, -0.25) is 9.59 Å². The van der Waals surface area contributed by atoms with Crippen LogP contribution in [0.25, 0.3) is 0 Å². The highest BCUT2D eigenvalue weighted by molar-refractivity contribution is 7.89. The molecule has 2 amide bonds. The number of hydrogen-bond donors (Lipinski definition) is 2. The molecule has 0 saturated heterocycles. The molecular formula is C26H27N3O4S. The zero-order valence-electron chi connectivity index (χ0n) is 19.1. The molecule has 1 aliphatic rings. The van der Waals surface area contributed by atoms with Gasteiger partial charge in [0.2, 0.25) is 21.8 Å². The maximum Gasteiger partial charge on any atom is 0.242 e. The minimum Gasteiger partial charge on any atom is -0.324 e. The standard InChI is InChI=1S/C26H27N3O4S/c1-18-8-6-7-11-23(18)27-26(31)24(16-20-9-4-3-5-10-20)28-34(32,33)22-12-13-25-21(17-22)14-15-29(25)19(2)30/h3-13,17,24,28H,14-16H2,1-2H3,(H,27,31). The van der Waals surface area contributed by atoms with Crippen LogP contribution in [0.2, 0.25) is 0 Å². The van der Waals surface area contributed by atoms with Crippen molar-refractivity contribution in [2.24, 2.45) is 0 Å². The van der Waals surface area contributed by atoms with E-state index in [0.717, 1.165) is 22.4 Å². The second-order valence-corrected chi connectivity index (χ2v) is 10.1. The summed E-state index contributed by atoms with van der Waals surface area (Å²) in [5.74, 6) is -0.520. The van der Waals surface area contributed by atoms with Crippen molar-refractivity contribution >= 4 is 33.2 Å². The fraction of sp³-hybridized carbons (Fsp3) is 0.231. The topological polar surface area (TPSA) is 95.6 Å². The fourth-order valence-corrected chi connectivity index (χ4v) is 5.34. The highest BCUT2D eigenvalue weighted by Gasteiger charge is 2.29. The normalized spacial score (nSPS) is 13.9. The molecule has 1 aliphatic heterocycles. The molecule has 1 atom stereocenters. The van der Waals surface area contributed by atoms with E-state index in [0.29, 0.717) is 18.7 Å². The first-order valence-corrected chi connectivity index (χ1v) is 12.6. The number of rotatable bonds is 7. The van der Waals surface area contributed by atoms with Crippen LogP contribution >= 0.6 is 0 Å². The van der Waals surface area contributed by atoms with Crippen LogP contribution in [-0.2, 0) is 32.5 Å². The van der Waals surface area contributed by atoms with Crippen LogP contribution in [0.15, 0.2) is 77.7 Å². The van der Waals surface area contributed by atoms with Gasteiger partial charge in [-0.1, -0.05) is 48.5 Å². The number of hydrogen-bond acceptors (Lipinski definition) is 4. The Balaban J connectivity index is 1.60. The van der Waals surface area contributed by atoms with Crippen molar-refractivity contribution in [3.05, 3.63) is 89.5 Å². The van der Waals surface area contributed by atoms with Gasteiger partial charge in [-0.2, -0.15) is 4.72 Å². The van der Waals surface area contributed by atoms with Crippen molar-refractivity contribution in [1.82, 2.24) is 4.72 Å². The van der Waals surface area contributed by atoms with E-state index in [4.69, 9.17) is 0 Å². The summed E-state index contributed by atoms with van der Waals surface area (Å²) >= 11 is 0. The highest BCUT2D eigenvalue weighted by atomic mass is 32.2. The molecule has 8 heteroatoms. The van der Waals surface area contributed by atoms with Crippen LogP contribution in [0, 0.1) is 6.92 Å². The minimum atomic E-state index is -4.00. The van der Waals surface area contributed by atoms with Gasteiger partial charge in [0.25, 0.3) is 0 Å². The summed E-state index contributed by atoms with van der Waals surface area (Å²) in [6, 6.07) is 20.3. The van der Waals surface area contributed by atoms with E-state index in [2.05, 4.69) is 10.0 Å². The molecule has 176 valence electrons. The van der Waals surface area contributed by atoms with Crippen LogP contribution in [0.4, 0.5) is 11.4 Å². The summed E-state index contributed by atoms with van der Waals surface area (Å²) in [6.45, 7) is 3.89. The van der Waals surface area contributed by atoms with Crippen LogP contribution in [0.3, 0.4) is 0 Å². The lowest BCUT2D eigenvalue weighted by atomic mass is 10.1. The second-order valence-electron chi connectivity index (χ2n) is 8.38. The number of carbonyl (C=O) groups is 2. The first-order valence-electron chi connectivity index (χ1n) is 11.1. The lowest BCUT2D eigenvalue weighted by molar-refractivity contribution is -0.118. The zero-order chi connectivity index (χ0) is 24.3. The smallest absolute Gasteiger partial charge is 0.242 e. The van der Waals surface area contributed by atoms with E-state index in [-0.39, 0.29) is 17.2 Å². The molecule has 3 aromatic rings. The van der Waals surface area contributed by atoms with Gasteiger partial charge in [0.1, 0.15) is 6.04 Å². The second kappa shape index (κ2) is 9.79. The summed E-state index contributed by atoms with van der Waals surface area (Å²) in [7, 11) is -4.00. The van der Waals surface area contributed by atoms with E-state index in [1.165, 1.54) is 13.0 Å². The Bertz CT molecular complexity index is 1320. The van der Waals surface area contributed by atoms with Crippen molar-refractivity contribution in [1.29, 1.82) is 0 Å². The largest absolute Gasteiger partial charge is 0.324 e. The number of sulfonamides is 1. The van der Waals surface area contributed by atoms with E-state index in [1.54, 1.807) is 23.1 Å². The number of benzene rings is 3. The Morgan fingerprint density at radius 2 is 1.71 bits per heavy atom. The van der Waals surface area contributed by atoms with Crippen molar-refractivity contribution in [2.75, 3.05) is 16.8 Å². The van der Waals surface area contributed by atoms with Crippen molar-refractivity contribution in [3.63, 3.8) is 0 Å². The average Bonchev–Trinajstić information content (AvgIpc) is 3.24. The Labute approximate surface area is 199 Å². The summed E-state index contributed by atoms with van der Waals surface area (Å²) in [6.07, 6.45) is 0.778. The molecule has 0 bridgehead atoms. The third kappa shape index (κ3) is 5.18. The lowest BCUT2D eigenvalue weighted by Gasteiger charge is -2.20. The van der Waals surface area contributed by atoms with Gasteiger partial charge in [0.05, 0.1) is 4.90 Å². The summed E-state index contributed by atoms with van der Waals surface area (Å²) in [5, 5.41) is 2.85. The number of anilines is 2. The molecular weight excluding hydrogens is 450 g/mol. The molecule has 0 fully saturated rings. The number of fused-ring (bicyclic) bond motifs is 1.